The Balaban J connectivity index is 1.97. The van der Waals surface area contributed by atoms with Gasteiger partial charge < -0.3 is 0 Å². The molecule has 1 fully saturated rings. The Bertz CT molecular complexity index is 700. The van der Waals surface area contributed by atoms with Crippen LogP contribution in [-0.2, 0) is 4.79 Å². The molecule has 0 N–H and O–H groups in total. The predicted molar refractivity (Wildman–Crippen MR) is 80.6 cm³/mol. The summed E-state index contributed by atoms with van der Waals surface area (Å²) in [6.07, 6.45) is 0.486. The number of amides is 1. The summed E-state index contributed by atoms with van der Waals surface area (Å²) in [5, 5.41) is 11.4. The molecule has 20 heavy (non-hydrogen) atoms. The van der Waals surface area contributed by atoms with Crippen LogP contribution in [0.25, 0.3) is 10.2 Å². The van der Waals surface area contributed by atoms with Crippen molar-refractivity contribution in [2.45, 2.75) is 6.42 Å². The highest BCUT2D eigenvalue weighted by molar-refractivity contribution is 7.80. The normalized spacial score (nSPS) is 18.9. The Morgan fingerprint density at radius 2 is 2.35 bits per heavy atom. The molecule has 104 valence electrons. The number of carbonyl (C=O) groups is 1. The Hall–Kier alpha value is -1.67. The first-order chi connectivity index (χ1) is 9.58. The molecule has 1 aromatic heterocycles. The number of fused-ring (bicyclic) bond motifs is 1. The van der Waals surface area contributed by atoms with Gasteiger partial charge in [0.05, 0.1) is 15.1 Å². The van der Waals surface area contributed by atoms with Crippen molar-refractivity contribution in [3.05, 3.63) is 28.3 Å². The van der Waals surface area contributed by atoms with Gasteiger partial charge >= 0.3 is 0 Å². The zero-order valence-electron chi connectivity index (χ0n) is 10.4. The lowest BCUT2D eigenvalue weighted by Crippen LogP contribution is -2.24. The number of aromatic nitrogens is 1. The van der Waals surface area contributed by atoms with Gasteiger partial charge in [-0.3, -0.25) is 19.8 Å². The molecule has 6 nitrogen and oxygen atoms in total. The highest BCUT2D eigenvalue weighted by Crippen LogP contribution is 2.34. The first kappa shape index (κ1) is 13.3. The van der Waals surface area contributed by atoms with Gasteiger partial charge in [0.1, 0.15) is 0 Å². The van der Waals surface area contributed by atoms with Gasteiger partial charge in [-0.25, -0.2) is 4.98 Å². The predicted octanol–water partition coefficient (Wildman–Crippen LogP) is 2.49. The summed E-state index contributed by atoms with van der Waals surface area (Å²) in [7, 11) is 0. The van der Waals surface area contributed by atoms with E-state index in [2.05, 4.69) is 17.6 Å². The second-order valence-electron chi connectivity index (χ2n) is 4.66. The molecule has 0 aliphatic carbocycles. The summed E-state index contributed by atoms with van der Waals surface area (Å²) in [6, 6.07) is 4.53. The number of anilines is 1. The molecule has 0 saturated carbocycles. The van der Waals surface area contributed by atoms with Crippen molar-refractivity contribution >= 4 is 50.9 Å². The molecule has 1 amide bonds. The van der Waals surface area contributed by atoms with E-state index in [0.717, 1.165) is 4.70 Å². The van der Waals surface area contributed by atoms with Crippen LogP contribution in [0, 0.1) is 16.0 Å². The van der Waals surface area contributed by atoms with Crippen LogP contribution in [0.5, 0.6) is 0 Å². The smallest absolute Gasteiger partial charge is 0.270 e. The van der Waals surface area contributed by atoms with E-state index in [1.807, 2.05) is 0 Å². The van der Waals surface area contributed by atoms with Crippen LogP contribution >= 0.6 is 24.0 Å². The molecule has 2 aromatic rings. The number of carbonyl (C=O) groups excluding carboxylic acids is 1. The van der Waals surface area contributed by atoms with Crippen molar-refractivity contribution in [2.24, 2.45) is 5.92 Å². The third kappa shape index (κ3) is 2.25. The highest BCUT2D eigenvalue weighted by atomic mass is 32.1. The fraction of sp³-hybridized carbons (Fsp3) is 0.333. The van der Waals surface area contributed by atoms with Crippen molar-refractivity contribution in [1.29, 1.82) is 0 Å². The molecule has 0 radical (unpaired) electrons. The lowest BCUT2D eigenvalue weighted by atomic mass is 10.1. The molecule has 0 spiro atoms. The number of benzene rings is 1. The monoisotopic (exact) mass is 309 g/mol. The topological polar surface area (TPSA) is 76.3 Å². The van der Waals surface area contributed by atoms with Crippen LogP contribution in [0.3, 0.4) is 0 Å². The summed E-state index contributed by atoms with van der Waals surface area (Å²) in [5.41, 5.74) is 0.714. The van der Waals surface area contributed by atoms with E-state index < -0.39 is 4.92 Å². The van der Waals surface area contributed by atoms with Crippen LogP contribution in [-0.4, -0.2) is 28.1 Å². The molecule has 1 aromatic carbocycles. The number of hydrogen-bond acceptors (Lipinski definition) is 6. The van der Waals surface area contributed by atoms with Crippen LogP contribution in [0.1, 0.15) is 6.42 Å². The lowest BCUT2D eigenvalue weighted by Gasteiger charge is -2.11. The lowest BCUT2D eigenvalue weighted by molar-refractivity contribution is -0.384. The van der Waals surface area contributed by atoms with Crippen molar-refractivity contribution in [3.8, 4) is 0 Å². The van der Waals surface area contributed by atoms with Crippen molar-refractivity contribution in [1.82, 2.24) is 4.98 Å². The number of hydrogen-bond donors (Lipinski definition) is 1. The number of rotatable bonds is 3. The molecule has 1 saturated heterocycles. The average molecular weight is 309 g/mol. The van der Waals surface area contributed by atoms with Crippen molar-refractivity contribution in [2.75, 3.05) is 17.2 Å². The second kappa shape index (κ2) is 5.02. The molecule has 1 aliphatic rings. The third-order valence-electron chi connectivity index (χ3n) is 3.27. The number of nitrogens with zero attached hydrogens (tertiary/aromatic N) is 3. The maximum absolute atomic E-state index is 11.9. The van der Waals surface area contributed by atoms with Crippen LogP contribution in [0.4, 0.5) is 10.8 Å². The van der Waals surface area contributed by atoms with Gasteiger partial charge in [0.2, 0.25) is 5.91 Å². The Labute approximate surface area is 124 Å². The van der Waals surface area contributed by atoms with Crippen molar-refractivity contribution in [3.63, 3.8) is 0 Å². The van der Waals surface area contributed by atoms with Gasteiger partial charge in [0, 0.05) is 25.1 Å². The molecular weight excluding hydrogens is 298 g/mol. The number of thiol groups is 1. The molecule has 0 bridgehead atoms. The molecule has 2 heterocycles. The molecular formula is C12H11N3O3S2. The fourth-order valence-corrected chi connectivity index (χ4v) is 3.49. The van der Waals surface area contributed by atoms with E-state index >= 15 is 0 Å². The summed E-state index contributed by atoms with van der Waals surface area (Å²) in [4.78, 5) is 28.3. The maximum atomic E-state index is 11.9. The van der Waals surface area contributed by atoms with E-state index in [1.165, 1.54) is 23.5 Å². The van der Waals surface area contributed by atoms with Gasteiger partial charge in [0.15, 0.2) is 5.13 Å². The first-order valence-electron chi connectivity index (χ1n) is 6.04. The molecule has 1 aliphatic heterocycles. The summed E-state index contributed by atoms with van der Waals surface area (Å²) < 4.78 is 0.719. The molecule has 1 unspecified atom stereocenters. The largest absolute Gasteiger partial charge is 0.288 e. The molecule has 3 rings (SSSR count). The van der Waals surface area contributed by atoms with Crippen LogP contribution in [0.2, 0.25) is 0 Å². The minimum absolute atomic E-state index is 0.0358. The second-order valence-corrected chi connectivity index (χ2v) is 6.04. The SMILES string of the molecule is O=C1CC(CS)CN1c1nc2ccc([N+](=O)[O-])cc2s1. The summed E-state index contributed by atoms with van der Waals surface area (Å²) >= 11 is 5.53. The maximum Gasteiger partial charge on any atom is 0.270 e. The summed E-state index contributed by atoms with van der Waals surface area (Å²) in [6.45, 7) is 0.615. The number of non-ortho nitro benzene ring substituents is 1. The zero-order chi connectivity index (χ0) is 14.3. The first-order valence-corrected chi connectivity index (χ1v) is 7.49. The van der Waals surface area contributed by atoms with Gasteiger partial charge in [-0.15, -0.1) is 0 Å². The highest BCUT2D eigenvalue weighted by Gasteiger charge is 2.31. The third-order valence-corrected chi connectivity index (χ3v) is 4.82. The Morgan fingerprint density at radius 3 is 3.00 bits per heavy atom. The van der Waals surface area contributed by atoms with E-state index in [-0.39, 0.29) is 17.5 Å². The number of nitro benzene ring substituents is 1. The number of nitro groups is 1. The van der Waals surface area contributed by atoms with Gasteiger partial charge in [-0.05, 0) is 17.7 Å². The van der Waals surface area contributed by atoms with E-state index in [0.29, 0.717) is 29.4 Å². The quantitative estimate of drug-likeness (QED) is 0.537. The van der Waals surface area contributed by atoms with Crippen LogP contribution < -0.4 is 4.90 Å². The minimum atomic E-state index is -0.434. The minimum Gasteiger partial charge on any atom is -0.288 e. The Kier molecular flexibility index (Phi) is 3.35. The van der Waals surface area contributed by atoms with Gasteiger partial charge in [0.25, 0.3) is 5.69 Å². The molecule has 1 atom stereocenters. The van der Waals surface area contributed by atoms with E-state index in [1.54, 1.807) is 11.0 Å². The number of thiazole rings is 1. The Morgan fingerprint density at radius 1 is 1.55 bits per heavy atom. The van der Waals surface area contributed by atoms with E-state index in [4.69, 9.17) is 0 Å². The van der Waals surface area contributed by atoms with Crippen LogP contribution in [0.15, 0.2) is 18.2 Å². The van der Waals surface area contributed by atoms with Gasteiger partial charge in [-0.2, -0.15) is 12.6 Å². The molecule has 8 heteroatoms. The average Bonchev–Trinajstić information content (AvgIpc) is 3.00. The standard InChI is InChI=1S/C12H11N3O3S2/c16-11-3-7(6-19)5-14(11)12-13-9-2-1-8(15(17)18)4-10(9)20-12/h1-2,4,7,19H,3,5-6H2. The van der Waals surface area contributed by atoms with E-state index in [9.17, 15) is 14.9 Å². The summed E-state index contributed by atoms with van der Waals surface area (Å²) in [5.74, 6) is 0.947. The fourth-order valence-electron chi connectivity index (χ4n) is 2.22. The van der Waals surface area contributed by atoms with Gasteiger partial charge in [-0.1, -0.05) is 11.3 Å². The van der Waals surface area contributed by atoms with Crippen molar-refractivity contribution < 1.29 is 9.72 Å². The zero-order valence-corrected chi connectivity index (χ0v) is 12.1.